The molecule has 1 aromatic carbocycles. The number of rotatable bonds is 5. The van der Waals surface area contributed by atoms with Crippen molar-refractivity contribution in [3.05, 3.63) is 41.3 Å². The minimum atomic E-state index is -3.91. The SMILES string of the molecule is N#Cc1c[nH]c2c(NS(=O)(=O)c3cnn(C4(CO)CCC4)c3)ccc(Cl)c12. The lowest BCUT2D eigenvalue weighted by molar-refractivity contribution is 0.0436. The first-order chi connectivity index (χ1) is 12.9. The lowest BCUT2D eigenvalue weighted by atomic mass is 9.77. The van der Waals surface area contributed by atoms with Gasteiger partial charge in [-0.05, 0) is 31.4 Å². The van der Waals surface area contributed by atoms with Crippen molar-refractivity contribution >= 4 is 38.2 Å². The van der Waals surface area contributed by atoms with Crippen molar-refractivity contribution in [3.8, 4) is 6.07 Å². The zero-order chi connectivity index (χ0) is 19.2. The molecule has 140 valence electrons. The van der Waals surface area contributed by atoms with E-state index in [4.69, 9.17) is 11.6 Å². The summed E-state index contributed by atoms with van der Waals surface area (Å²) in [4.78, 5) is 2.89. The predicted octanol–water partition coefficient (Wildman–Crippen LogP) is 2.56. The van der Waals surface area contributed by atoms with Crippen LogP contribution in [0, 0.1) is 11.3 Å². The molecule has 0 aliphatic heterocycles. The van der Waals surface area contributed by atoms with E-state index in [9.17, 15) is 18.8 Å². The first kappa shape index (κ1) is 17.9. The van der Waals surface area contributed by atoms with Crippen molar-refractivity contribution in [2.45, 2.75) is 29.7 Å². The zero-order valence-corrected chi connectivity index (χ0v) is 15.7. The number of H-pyrrole nitrogens is 1. The highest BCUT2D eigenvalue weighted by Crippen LogP contribution is 2.39. The van der Waals surface area contributed by atoms with Crippen molar-refractivity contribution < 1.29 is 13.5 Å². The van der Waals surface area contributed by atoms with Gasteiger partial charge in [-0.15, -0.1) is 0 Å². The summed E-state index contributed by atoms with van der Waals surface area (Å²) in [7, 11) is -3.91. The number of aliphatic hydroxyl groups is 1. The number of hydrogen-bond donors (Lipinski definition) is 3. The highest BCUT2D eigenvalue weighted by Gasteiger charge is 2.39. The van der Waals surface area contributed by atoms with E-state index in [1.54, 1.807) is 0 Å². The van der Waals surface area contributed by atoms with Crippen LogP contribution >= 0.6 is 11.6 Å². The highest BCUT2D eigenvalue weighted by molar-refractivity contribution is 7.92. The Morgan fingerprint density at radius 2 is 2.22 bits per heavy atom. The molecular formula is C17H16ClN5O3S. The van der Waals surface area contributed by atoms with Gasteiger partial charge >= 0.3 is 0 Å². The number of hydrogen-bond acceptors (Lipinski definition) is 5. The van der Waals surface area contributed by atoms with Crippen LogP contribution in [0.25, 0.3) is 10.9 Å². The highest BCUT2D eigenvalue weighted by atomic mass is 35.5. The summed E-state index contributed by atoms with van der Waals surface area (Å²) >= 11 is 6.15. The number of sulfonamides is 1. The van der Waals surface area contributed by atoms with Crippen molar-refractivity contribution in [2.24, 2.45) is 0 Å². The van der Waals surface area contributed by atoms with Gasteiger partial charge < -0.3 is 10.1 Å². The smallest absolute Gasteiger partial charge is 0.265 e. The molecule has 1 aliphatic rings. The number of nitriles is 1. The molecule has 27 heavy (non-hydrogen) atoms. The molecule has 0 unspecified atom stereocenters. The molecule has 8 nitrogen and oxygen atoms in total. The Kier molecular flexibility index (Phi) is 4.14. The quantitative estimate of drug-likeness (QED) is 0.601. The van der Waals surface area contributed by atoms with Crippen molar-refractivity contribution in [2.75, 3.05) is 11.3 Å². The van der Waals surface area contributed by atoms with Crippen LogP contribution in [-0.2, 0) is 15.6 Å². The van der Waals surface area contributed by atoms with E-state index < -0.39 is 15.6 Å². The summed E-state index contributed by atoms with van der Waals surface area (Å²) < 4.78 is 29.7. The maximum absolute atomic E-state index is 12.8. The second-order valence-electron chi connectivity index (χ2n) is 6.62. The number of halogens is 1. The Hall–Kier alpha value is -2.54. The number of aliphatic hydroxyl groups excluding tert-OH is 1. The molecule has 2 aromatic heterocycles. The molecule has 2 heterocycles. The second kappa shape index (κ2) is 6.27. The Balaban J connectivity index is 1.70. The van der Waals surface area contributed by atoms with Crippen LogP contribution in [0.15, 0.2) is 35.6 Å². The fraction of sp³-hybridized carbons (Fsp3) is 0.294. The van der Waals surface area contributed by atoms with Gasteiger partial charge in [0, 0.05) is 17.8 Å². The van der Waals surface area contributed by atoms with Crippen molar-refractivity contribution in [1.29, 1.82) is 5.26 Å². The van der Waals surface area contributed by atoms with Crippen LogP contribution in [-0.4, -0.2) is 34.9 Å². The molecule has 1 aliphatic carbocycles. The molecule has 4 rings (SSSR count). The summed E-state index contributed by atoms with van der Waals surface area (Å²) in [6.45, 7) is -0.0845. The summed E-state index contributed by atoms with van der Waals surface area (Å²) in [6.07, 6.45) is 6.66. The first-order valence-electron chi connectivity index (χ1n) is 8.29. The molecule has 0 radical (unpaired) electrons. The summed E-state index contributed by atoms with van der Waals surface area (Å²) in [6, 6.07) is 5.09. The minimum absolute atomic E-state index is 0.00242. The monoisotopic (exact) mass is 405 g/mol. The van der Waals surface area contributed by atoms with E-state index in [1.807, 2.05) is 6.07 Å². The molecule has 1 fully saturated rings. The van der Waals surface area contributed by atoms with Crippen molar-refractivity contribution in [1.82, 2.24) is 14.8 Å². The van der Waals surface area contributed by atoms with Gasteiger partial charge in [0.2, 0.25) is 0 Å². The molecule has 0 bridgehead atoms. The standard InChI is InChI=1S/C17H16ClN5O3S/c18-13-2-3-14(16-15(13)11(6-19)7-20-16)22-27(25,26)12-8-21-23(9-12)17(10-24)4-1-5-17/h2-3,7-9,20,22,24H,1,4-5,10H2. The van der Waals surface area contributed by atoms with Gasteiger partial charge in [0.25, 0.3) is 10.0 Å². The topological polar surface area (TPSA) is 124 Å². The number of benzene rings is 1. The third-order valence-electron chi connectivity index (χ3n) is 5.08. The normalized spacial score (nSPS) is 16.0. The van der Waals surface area contributed by atoms with E-state index in [2.05, 4.69) is 14.8 Å². The van der Waals surface area contributed by atoms with Crippen LogP contribution in [0.1, 0.15) is 24.8 Å². The lowest BCUT2D eigenvalue weighted by Gasteiger charge is -2.40. The molecule has 3 aromatic rings. The molecule has 0 atom stereocenters. The maximum Gasteiger partial charge on any atom is 0.265 e. The lowest BCUT2D eigenvalue weighted by Crippen LogP contribution is -2.44. The number of nitrogens with zero attached hydrogens (tertiary/aromatic N) is 3. The fourth-order valence-electron chi connectivity index (χ4n) is 3.33. The molecule has 0 saturated heterocycles. The van der Waals surface area contributed by atoms with Crippen LogP contribution in [0.4, 0.5) is 5.69 Å². The third kappa shape index (κ3) is 2.77. The average Bonchev–Trinajstić information content (AvgIpc) is 3.25. The molecular weight excluding hydrogens is 390 g/mol. The minimum Gasteiger partial charge on any atom is -0.394 e. The summed E-state index contributed by atoms with van der Waals surface area (Å²) in [5.74, 6) is 0. The van der Waals surface area contributed by atoms with Gasteiger partial charge in [0.15, 0.2) is 0 Å². The van der Waals surface area contributed by atoms with Crippen LogP contribution in [0.5, 0.6) is 0 Å². The van der Waals surface area contributed by atoms with E-state index in [-0.39, 0.29) is 17.2 Å². The van der Waals surface area contributed by atoms with E-state index in [0.717, 1.165) is 19.3 Å². The van der Waals surface area contributed by atoms with Gasteiger partial charge in [0.1, 0.15) is 11.0 Å². The Bertz CT molecular complexity index is 1170. The first-order valence-corrected chi connectivity index (χ1v) is 10.1. The number of anilines is 1. The third-order valence-corrected chi connectivity index (χ3v) is 6.72. The summed E-state index contributed by atoms with van der Waals surface area (Å²) in [5.41, 5.74) is 0.534. The molecule has 10 heteroatoms. The Labute approximate surface area is 160 Å². The Morgan fingerprint density at radius 1 is 1.44 bits per heavy atom. The summed E-state index contributed by atoms with van der Waals surface area (Å²) in [5, 5.41) is 23.8. The number of fused-ring (bicyclic) bond motifs is 1. The average molecular weight is 406 g/mol. The number of aromatic nitrogens is 3. The number of aromatic amines is 1. The molecule has 1 saturated carbocycles. The maximum atomic E-state index is 12.8. The fourth-order valence-corrected chi connectivity index (χ4v) is 4.59. The van der Waals surface area contributed by atoms with Crippen LogP contribution in [0.2, 0.25) is 5.02 Å². The van der Waals surface area contributed by atoms with Gasteiger partial charge in [0.05, 0.1) is 40.1 Å². The second-order valence-corrected chi connectivity index (χ2v) is 8.71. The van der Waals surface area contributed by atoms with Gasteiger partial charge in [-0.2, -0.15) is 10.4 Å². The largest absolute Gasteiger partial charge is 0.394 e. The zero-order valence-electron chi connectivity index (χ0n) is 14.1. The predicted molar refractivity (Wildman–Crippen MR) is 100.0 cm³/mol. The van der Waals surface area contributed by atoms with Gasteiger partial charge in [-0.3, -0.25) is 9.40 Å². The van der Waals surface area contributed by atoms with Crippen molar-refractivity contribution in [3.63, 3.8) is 0 Å². The Morgan fingerprint density at radius 3 is 2.85 bits per heavy atom. The van der Waals surface area contributed by atoms with Crippen LogP contribution in [0.3, 0.4) is 0 Å². The van der Waals surface area contributed by atoms with E-state index in [1.165, 1.54) is 35.4 Å². The van der Waals surface area contributed by atoms with E-state index >= 15 is 0 Å². The van der Waals surface area contributed by atoms with Gasteiger partial charge in [-0.1, -0.05) is 11.6 Å². The van der Waals surface area contributed by atoms with Gasteiger partial charge in [-0.25, -0.2) is 8.42 Å². The molecule has 0 amide bonds. The van der Waals surface area contributed by atoms with Crippen LogP contribution < -0.4 is 4.72 Å². The molecule has 3 N–H and O–H groups in total. The van der Waals surface area contributed by atoms with E-state index in [0.29, 0.717) is 21.5 Å². The molecule has 0 spiro atoms. The number of nitrogens with one attached hydrogen (secondary N) is 2.